The van der Waals surface area contributed by atoms with E-state index in [1.54, 1.807) is 67.0 Å². The van der Waals surface area contributed by atoms with E-state index in [0.29, 0.717) is 27.7 Å². The van der Waals surface area contributed by atoms with Crippen molar-refractivity contribution in [2.24, 2.45) is 10.2 Å². The van der Waals surface area contributed by atoms with E-state index in [-0.39, 0.29) is 0 Å². The molecule has 2 aromatic carbocycles. The summed E-state index contributed by atoms with van der Waals surface area (Å²) in [5, 5.41) is 8.92. The van der Waals surface area contributed by atoms with E-state index < -0.39 is 5.97 Å². The minimum atomic E-state index is -0.442. The Kier molecular flexibility index (Phi) is 5.16. The molecule has 6 heteroatoms. The number of carbonyl (C=O) groups is 1. The van der Waals surface area contributed by atoms with Crippen LogP contribution in [0.25, 0.3) is 0 Å². The Labute approximate surface area is 150 Å². The van der Waals surface area contributed by atoms with Crippen LogP contribution in [-0.2, 0) is 0 Å². The molecule has 0 aliphatic heterocycles. The molecule has 3 aromatic rings. The highest BCUT2D eigenvalue weighted by molar-refractivity contribution is 6.30. The third kappa shape index (κ3) is 4.49. The number of rotatable bonds is 4. The van der Waals surface area contributed by atoms with Crippen LogP contribution >= 0.6 is 11.6 Å². The second-order valence-corrected chi connectivity index (χ2v) is 5.69. The van der Waals surface area contributed by atoms with E-state index in [2.05, 4.69) is 15.2 Å². The van der Waals surface area contributed by atoms with Gasteiger partial charge in [0.1, 0.15) is 5.75 Å². The second kappa shape index (κ2) is 7.68. The Hall–Kier alpha value is -3.05. The number of aryl methyl sites for hydroxylation is 1. The summed E-state index contributed by atoms with van der Waals surface area (Å²) >= 11 is 5.81. The predicted octanol–water partition coefficient (Wildman–Crippen LogP) is 5.68. The minimum Gasteiger partial charge on any atom is -0.423 e. The first-order valence-electron chi connectivity index (χ1n) is 7.52. The van der Waals surface area contributed by atoms with Crippen LogP contribution in [0.2, 0.25) is 5.02 Å². The molecule has 0 bridgehead atoms. The Morgan fingerprint density at radius 3 is 2.40 bits per heavy atom. The lowest BCUT2D eigenvalue weighted by Gasteiger charge is -2.06. The van der Waals surface area contributed by atoms with Crippen LogP contribution in [0.15, 0.2) is 77.2 Å². The van der Waals surface area contributed by atoms with Crippen LogP contribution < -0.4 is 4.74 Å². The summed E-state index contributed by atoms with van der Waals surface area (Å²) in [7, 11) is 0. The van der Waals surface area contributed by atoms with Crippen molar-refractivity contribution in [3.63, 3.8) is 0 Å². The molecule has 0 radical (unpaired) electrons. The van der Waals surface area contributed by atoms with Gasteiger partial charge in [-0.05, 0) is 67.1 Å². The maximum atomic E-state index is 12.1. The first-order chi connectivity index (χ1) is 12.1. The van der Waals surface area contributed by atoms with Gasteiger partial charge >= 0.3 is 5.97 Å². The SMILES string of the molecule is Cc1cc(OC(=O)c2ccc(Cl)cc2)ccc1N=Nc1ccncc1. The van der Waals surface area contributed by atoms with E-state index in [1.165, 1.54) is 0 Å². The molecular weight excluding hydrogens is 338 g/mol. The lowest BCUT2D eigenvalue weighted by Crippen LogP contribution is -2.08. The molecule has 0 amide bonds. The average molecular weight is 352 g/mol. The number of halogens is 1. The van der Waals surface area contributed by atoms with Gasteiger partial charge in [0.2, 0.25) is 0 Å². The number of pyridine rings is 1. The summed E-state index contributed by atoms with van der Waals surface area (Å²) < 4.78 is 5.38. The van der Waals surface area contributed by atoms with Gasteiger partial charge in [-0.25, -0.2) is 4.79 Å². The van der Waals surface area contributed by atoms with Crippen molar-refractivity contribution in [3.8, 4) is 5.75 Å². The van der Waals surface area contributed by atoms with Gasteiger partial charge in [-0.15, -0.1) is 0 Å². The lowest BCUT2D eigenvalue weighted by atomic mass is 10.2. The zero-order valence-corrected chi connectivity index (χ0v) is 14.1. The summed E-state index contributed by atoms with van der Waals surface area (Å²) in [6, 6.07) is 15.2. The second-order valence-electron chi connectivity index (χ2n) is 5.25. The van der Waals surface area contributed by atoms with E-state index >= 15 is 0 Å². The number of benzene rings is 2. The fraction of sp³-hybridized carbons (Fsp3) is 0.0526. The zero-order valence-electron chi connectivity index (χ0n) is 13.4. The van der Waals surface area contributed by atoms with Crippen LogP contribution in [-0.4, -0.2) is 11.0 Å². The maximum absolute atomic E-state index is 12.1. The van der Waals surface area contributed by atoms with Crippen LogP contribution in [0.4, 0.5) is 11.4 Å². The predicted molar refractivity (Wildman–Crippen MR) is 96.0 cm³/mol. The van der Waals surface area contributed by atoms with Crippen molar-refractivity contribution in [3.05, 3.63) is 83.1 Å². The van der Waals surface area contributed by atoms with Crippen LogP contribution in [0.3, 0.4) is 0 Å². The standard InChI is InChI=1S/C19H14ClN3O2/c1-13-12-17(25-19(24)14-2-4-15(20)5-3-14)6-7-18(13)23-22-16-8-10-21-11-9-16/h2-12H,1H3. The van der Waals surface area contributed by atoms with E-state index in [9.17, 15) is 4.79 Å². The summed E-state index contributed by atoms with van der Waals surface area (Å²) in [5.41, 5.74) is 2.69. The number of nitrogens with zero attached hydrogens (tertiary/aromatic N) is 3. The van der Waals surface area contributed by atoms with Crippen molar-refractivity contribution < 1.29 is 9.53 Å². The number of hydrogen-bond donors (Lipinski definition) is 0. The van der Waals surface area contributed by atoms with E-state index in [1.807, 2.05) is 6.92 Å². The van der Waals surface area contributed by atoms with Crippen molar-refractivity contribution in [1.82, 2.24) is 4.98 Å². The molecule has 1 heterocycles. The minimum absolute atomic E-state index is 0.434. The van der Waals surface area contributed by atoms with E-state index in [4.69, 9.17) is 16.3 Å². The van der Waals surface area contributed by atoms with Crippen molar-refractivity contribution in [2.45, 2.75) is 6.92 Å². The quantitative estimate of drug-likeness (QED) is 0.345. The van der Waals surface area contributed by atoms with E-state index in [0.717, 1.165) is 5.56 Å². The fourth-order valence-corrected chi connectivity index (χ4v) is 2.20. The molecule has 0 aliphatic rings. The van der Waals surface area contributed by atoms with Crippen molar-refractivity contribution in [2.75, 3.05) is 0 Å². The molecule has 1 aromatic heterocycles. The maximum Gasteiger partial charge on any atom is 0.343 e. The van der Waals surface area contributed by atoms with Gasteiger partial charge in [-0.2, -0.15) is 10.2 Å². The first kappa shape index (κ1) is 16.8. The van der Waals surface area contributed by atoms with Crippen molar-refractivity contribution in [1.29, 1.82) is 0 Å². The molecule has 0 fully saturated rings. The molecule has 0 atom stereocenters. The van der Waals surface area contributed by atoms with Gasteiger partial charge in [0.25, 0.3) is 0 Å². The Morgan fingerprint density at radius 1 is 1.00 bits per heavy atom. The molecule has 25 heavy (non-hydrogen) atoms. The average Bonchev–Trinajstić information content (AvgIpc) is 2.62. The van der Waals surface area contributed by atoms with Gasteiger partial charge in [0.05, 0.1) is 16.9 Å². The molecule has 0 unspecified atom stereocenters. The highest BCUT2D eigenvalue weighted by Gasteiger charge is 2.09. The number of esters is 1. The molecule has 0 N–H and O–H groups in total. The van der Waals surface area contributed by atoms with Gasteiger partial charge in [0, 0.05) is 17.4 Å². The summed E-state index contributed by atoms with van der Waals surface area (Å²) in [4.78, 5) is 16.0. The summed E-state index contributed by atoms with van der Waals surface area (Å²) in [5.74, 6) is 0.00235. The number of azo groups is 1. The molecule has 0 saturated carbocycles. The highest BCUT2D eigenvalue weighted by Crippen LogP contribution is 2.26. The molecule has 0 aliphatic carbocycles. The number of carbonyl (C=O) groups excluding carboxylic acids is 1. The van der Waals surface area contributed by atoms with Crippen LogP contribution in [0, 0.1) is 6.92 Å². The number of ether oxygens (including phenoxy) is 1. The molecular formula is C19H14ClN3O2. The Bertz CT molecular complexity index is 910. The molecule has 0 spiro atoms. The molecule has 3 rings (SSSR count). The Balaban J connectivity index is 1.72. The van der Waals surface area contributed by atoms with Gasteiger partial charge in [-0.1, -0.05) is 11.6 Å². The summed E-state index contributed by atoms with van der Waals surface area (Å²) in [6.07, 6.45) is 3.31. The molecule has 0 saturated heterocycles. The van der Waals surface area contributed by atoms with Gasteiger partial charge < -0.3 is 4.74 Å². The summed E-state index contributed by atoms with van der Waals surface area (Å²) in [6.45, 7) is 1.88. The molecule has 5 nitrogen and oxygen atoms in total. The molecule has 124 valence electrons. The smallest absolute Gasteiger partial charge is 0.343 e. The first-order valence-corrected chi connectivity index (χ1v) is 7.90. The fourth-order valence-electron chi connectivity index (χ4n) is 2.08. The number of hydrogen-bond acceptors (Lipinski definition) is 5. The zero-order chi connectivity index (χ0) is 17.6. The van der Waals surface area contributed by atoms with Gasteiger partial charge in [0.15, 0.2) is 0 Å². The Morgan fingerprint density at radius 2 is 1.72 bits per heavy atom. The topological polar surface area (TPSA) is 63.9 Å². The largest absolute Gasteiger partial charge is 0.423 e. The lowest BCUT2D eigenvalue weighted by molar-refractivity contribution is 0.0734. The number of aromatic nitrogens is 1. The van der Waals surface area contributed by atoms with Crippen molar-refractivity contribution >= 4 is 28.9 Å². The monoisotopic (exact) mass is 351 g/mol. The normalized spacial score (nSPS) is 10.8. The third-order valence-corrected chi connectivity index (χ3v) is 3.65. The third-order valence-electron chi connectivity index (χ3n) is 3.39. The highest BCUT2D eigenvalue weighted by atomic mass is 35.5. The van der Waals surface area contributed by atoms with Crippen LogP contribution in [0.5, 0.6) is 5.75 Å². The van der Waals surface area contributed by atoms with Gasteiger partial charge in [-0.3, -0.25) is 4.98 Å². The van der Waals surface area contributed by atoms with Crippen LogP contribution in [0.1, 0.15) is 15.9 Å².